The number of nitrogens with zero attached hydrogens (tertiary/aromatic N) is 3. The van der Waals surface area contributed by atoms with E-state index in [0.717, 1.165) is 41.3 Å². The van der Waals surface area contributed by atoms with Crippen molar-refractivity contribution in [3.05, 3.63) is 65.4 Å². The number of carbonyl (C=O) groups is 1. The van der Waals surface area contributed by atoms with Crippen LogP contribution in [-0.2, 0) is 6.54 Å². The molecular formula is C19H14F2N4OS. The molecule has 5 nitrogen and oxygen atoms in total. The first-order valence-electron chi connectivity index (χ1n) is 8.22. The van der Waals surface area contributed by atoms with Gasteiger partial charge in [0.05, 0.1) is 0 Å². The highest BCUT2D eigenvalue weighted by Crippen LogP contribution is 2.32. The zero-order chi connectivity index (χ0) is 19.0. The Morgan fingerprint density at radius 3 is 2.78 bits per heavy atom. The topological polar surface area (TPSA) is 59.8 Å². The molecule has 0 saturated heterocycles. The van der Waals surface area contributed by atoms with Crippen molar-refractivity contribution in [3.8, 4) is 10.6 Å². The molecule has 1 amide bonds. The van der Waals surface area contributed by atoms with Crippen molar-refractivity contribution < 1.29 is 13.6 Å². The number of aryl methyl sites for hydroxylation is 1. The molecule has 0 bridgehead atoms. The molecule has 4 aromatic rings. The molecule has 0 fully saturated rings. The van der Waals surface area contributed by atoms with Gasteiger partial charge in [0.25, 0.3) is 5.91 Å². The van der Waals surface area contributed by atoms with Crippen LogP contribution in [0.25, 0.3) is 21.6 Å². The number of hydrogen-bond acceptors (Lipinski definition) is 4. The van der Waals surface area contributed by atoms with Crippen molar-refractivity contribution in [3.63, 3.8) is 0 Å². The van der Waals surface area contributed by atoms with Gasteiger partial charge in [-0.05, 0) is 31.2 Å². The molecule has 1 aromatic carbocycles. The summed E-state index contributed by atoms with van der Waals surface area (Å²) in [7, 11) is 0. The molecule has 0 radical (unpaired) electrons. The van der Waals surface area contributed by atoms with Crippen LogP contribution in [0.3, 0.4) is 0 Å². The molecule has 4 rings (SSSR count). The molecular weight excluding hydrogens is 370 g/mol. The SMILES string of the molecule is CCn1cc(-c2nc(C(=O)Nc3cc(F)cc(F)c3)cs2)c2cccnc21. The summed E-state index contributed by atoms with van der Waals surface area (Å²) in [5, 5.41) is 5.71. The number of halogens is 2. The number of aromatic nitrogens is 3. The van der Waals surface area contributed by atoms with Crippen LogP contribution in [0.4, 0.5) is 14.5 Å². The molecule has 0 spiro atoms. The van der Waals surface area contributed by atoms with E-state index in [4.69, 9.17) is 0 Å². The summed E-state index contributed by atoms with van der Waals surface area (Å²) in [6.07, 6.45) is 3.69. The lowest BCUT2D eigenvalue weighted by molar-refractivity contribution is 0.102. The molecule has 27 heavy (non-hydrogen) atoms. The molecule has 0 atom stereocenters. The summed E-state index contributed by atoms with van der Waals surface area (Å²) in [5.74, 6) is -2.05. The summed E-state index contributed by atoms with van der Waals surface area (Å²) < 4.78 is 28.6. The maximum atomic E-state index is 13.3. The van der Waals surface area contributed by atoms with E-state index in [-0.39, 0.29) is 11.4 Å². The number of thiazole rings is 1. The average molecular weight is 384 g/mol. The van der Waals surface area contributed by atoms with Gasteiger partial charge in [-0.15, -0.1) is 11.3 Å². The highest BCUT2D eigenvalue weighted by atomic mass is 32.1. The standard InChI is InChI=1S/C19H14F2N4OS/c1-2-25-9-15(14-4-3-5-22-17(14)25)19-24-16(10-27-19)18(26)23-13-7-11(20)6-12(21)8-13/h3-10H,2H2,1H3,(H,23,26). The van der Waals surface area contributed by atoms with Crippen LogP contribution in [0.2, 0.25) is 0 Å². The Balaban J connectivity index is 1.65. The van der Waals surface area contributed by atoms with E-state index >= 15 is 0 Å². The first-order valence-corrected chi connectivity index (χ1v) is 9.10. The minimum absolute atomic E-state index is 0.0406. The fourth-order valence-electron chi connectivity index (χ4n) is 2.86. The number of amides is 1. The van der Waals surface area contributed by atoms with Gasteiger partial charge in [-0.2, -0.15) is 0 Å². The van der Waals surface area contributed by atoms with E-state index in [2.05, 4.69) is 15.3 Å². The minimum Gasteiger partial charge on any atom is -0.332 e. The molecule has 3 aromatic heterocycles. The van der Waals surface area contributed by atoms with Crippen LogP contribution in [0.15, 0.2) is 48.1 Å². The largest absolute Gasteiger partial charge is 0.332 e. The quantitative estimate of drug-likeness (QED) is 0.554. The number of carbonyl (C=O) groups excluding carboxylic acids is 1. The number of benzene rings is 1. The third kappa shape index (κ3) is 3.31. The van der Waals surface area contributed by atoms with Gasteiger partial charge in [0, 0.05) is 47.0 Å². The van der Waals surface area contributed by atoms with Gasteiger partial charge in [0.2, 0.25) is 0 Å². The van der Waals surface area contributed by atoms with E-state index < -0.39 is 17.5 Å². The molecule has 0 aliphatic carbocycles. The lowest BCUT2D eigenvalue weighted by Gasteiger charge is -2.03. The number of pyridine rings is 1. The molecule has 136 valence electrons. The minimum atomic E-state index is -0.760. The fraction of sp³-hybridized carbons (Fsp3) is 0.105. The predicted molar refractivity (Wildman–Crippen MR) is 101 cm³/mol. The Bertz CT molecular complexity index is 1130. The molecule has 3 heterocycles. The van der Waals surface area contributed by atoms with E-state index in [9.17, 15) is 13.6 Å². The summed E-state index contributed by atoms with van der Waals surface area (Å²) in [6, 6.07) is 6.66. The molecule has 0 aliphatic heterocycles. The first-order chi connectivity index (χ1) is 13.0. The predicted octanol–water partition coefficient (Wildman–Crippen LogP) is 4.71. The van der Waals surface area contributed by atoms with E-state index in [0.29, 0.717) is 5.01 Å². The van der Waals surface area contributed by atoms with E-state index in [1.807, 2.05) is 29.8 Å². The summed E-state index contributed by atoms with van der Waals surface area (Å²) in [6.45, 7) is 2.79. The van der Waals surface area contributed by atoms with Gasteiger partial charge >= 0.3 is 0 Å². The Kier molecular flexibility index (Phi) is 4.41. The zero-order valence-electron chi connectivity index (χ0n) is 14.2. The number of hydrogen-bond donors (Lipinski definition) is 1. The van der Waals surface area contributed by atoms with Gasteiger partial charge in [-0.25, -0.2) is 18.7 Å². The maximum absolute atomic E-state index is 13.3. The normalized spacial score (nSPS) is 11.1. The molecule has 0 aliphatic rings. The van der Waals surface area contributed by atoms with Gasteiger partial charge in [0.1, 0.15) is 28.0 Å². The number of nitrogens with one attached hydrogen (secondary N) is 1. The van der Waals surface area contributed by atoms with E-state index in [1.54, 1.807) is 11.6 Å². The second-order valence-electron chi connectivity index (χ2n) is 5.85. The molecule has 0 unspecified atom stereocenters. The number of rotatable bonds is 4. The van der Waals surface area contributed by atoms with Crippen molar-refractivity contribution in [1.29, 1.82) is 0 Å². The monoisotopic (exact) mass is 384 g/mol. The van der Waals surface area contributed by atoms with Crippen LogP contribution in [0.5, 0.6) is 0 Å². The third-order valence-electron chi connectivity index (χ3n) is 4.06. The lowest BCUT2D eigenvalue weighted by Crippen LogP contribution is -2.12. The highest BCUT2D eigenvalue weighted by molar-refractivity contribution is 7.13. The van der Waals surface area contributed by atoms with Crippen LogP contribution >= 0.6 is 11.3 Å². The second kappa shape index (κ2) is 6.88. The maximum Gasteiger partial charge on any atom is 0.275 e. The lowest BCUT2D eigenvalue weighted by atomic mass is 10.2. The number of anilines is 1. The Morgan fingerprint density at radius 1 is 1.26 bits per heavy atom. The summed E-state index contributed by atoms with van der Waals surface area (Å²) >= 11 is 1.33. The summed E-state index contributed by atoms with van der Waals surface area (Å²) in [4.78, 5) is 21.2. The second-order valence-corrected chi connectivity index (χ2v) is 6.71. The smallest absolute Gasteiger partial charge is 0.275 e. The van der Waals surface area contributed by atoms with Crippen molar-refractivity contribution in [1.82, 2.24) is 14.5 Å². The first kappa shape index (κ1) is 17.3. The summed E-state index contributed by atoms with van der Waals surface area (Å²) in [5.41, 5.74) is 1.96. The Morgan fingerprint density at radius 2 is 2.04 bits per heavy atom. The van der Waals surface area contributed by atoms with Crippen LogP contribution in [0, 0.1) is 11.6 Å². The van der Waals surface area contributed by atoms with Crippen molar-refractivity contribution >= 4 is 34.0 Å². The van der Waals surface area contributed by atoms with Crippen LogP contribution < -0.4 is 5.32 Å². The molecule has 1 N–H and O–H groups in total. The Labute approximate surface area is 157 Å². The molecule has 8 heteroatoms. The van der Waals surface area contributed by atoms with Gasteiger partial charge in [-0.3, -0.25) is 4.79 Å². The third-order valence-corrected chi connectivity index (χ3v) is 4.94. The highest BCUT2D eigenvalue weighted by Gasteiger charge is 2.17. The average Bonchev–Trinajstić information content (AvgIpc) is 3.25. The fourth-order valence-corrected chi connectivity index (χ4v) is 3.68. The van der Waals surface area contributed by atoms with Crippen molar-refractivity contribution in [2.24, 2.45) is 0 Å². The van der Waals surface area contributed by atoms with Gasteiger partial charge in [0.15, 0.2) is 0 Å². The van der Waals surface area contributed by atoms with Crippen LogP contribution in [0.1, 0.15) is 17.4 Å². The van der Waals surface area contributed by atoms with Gasteiger partial charge < -0.3 is 9.88 Å². The molecule has 0 saturated carbocycles. The Hall–Kier alpha value is -3.13. The number of fused-ring (bicyclic) bond motifs is 1. The zero-order valence-corrected chi connectivity index (χ0v) is 15.1. The van der Waals surface area contributed by atoms with Crippen LogP contribution in [-0.4, -0.2) is 20.4 Å². The van der Waals surface area contributed by atoms with Gasteiger partial charge in [-0.1, -0.05) is 0 Å². The van der Waals surface area contributed by atoms with Crippen molar-refractivity contribution in [2.75, 3.05) is 5.32 Å². The van der Waals surface area contributed by atoms with Crippen molar-refractivity contribution in [2.45, 2.75) is 13.5 Å². The van der Waals surface area contributed by atoms with E-state index in [1.165, 1.54) is 11.3 Å².